The molecule has 1 aromatic heterocycles. The van der Waals surface area contributed by atoms with E-state index in [1.807, 2.05) is 12.1 Å². The van der Waals surface area contributed by atoms with Crippen LogP contribution in [0.15, 0.2) is 18.2 Å². The fourth-order valence-corrected chi connectivity index (χ4v) is 1.76. The summed E-state index contributed by atoms with van der Waals surface area (Å²) in [4.78, 5) is 11.0. The van der Waals surface area contributed by atoms with E-state index in [4.69, 9.17) is 26.4 Å². The maximum atomic E-state index is 5.32. The minimum atomic E-state index is 0.198. The molecule has 0 saturated heterocycles. The predicted octanol–water partition coefficient (Wildman–Crippen LogP) is 2.23. The molecule has 0 bridgehead atoms. The number of ether oxygens (including phenoxy) is 3. The Morgan fingerprint density at radius 1 is 1.05 bits per heavy atom. The van der Waals surface area contributed by atoms with E-state index < -0.39 is 0 Å². The smallest absolute Gasteiger partial charge is 0.297 e. The summed E-state index contributed by atoms with van der Waals surface area (Å²) >= 11 is 4.99. The Labute approximate surface area is 115 Å². The van der Waals surface area contributed by atoms with Crippen molar-refractivity contribution in [1.29, 1.82) is 0 Å². The third kappa shape index (κ3) is 2.82. The summed E-state index contributed by atoms with van der Waals surface area (Å²) in [5.41, 5.74) is 0.745. The van der Waals surface area contributed by atoms with Gasteiger partial charge in [0.2, 0.25) is 4.77 Å². The van der Waals surface area contributed by atoms with Crippen molar-refractivity contribution in [2.75, 3.05) is 21.3 Å². The Kier molecular flexibility index (Phi) is 3.96. The largest absolute Gasteiger partial charge is 0.497 e. The number of nitrogens with zero attached hydrogens (tertiary/aromatic N) is 2. The second-order valence-electron chi connectivity index (χ2n) is 3.56. The lowest BCUT2D eigenvalue weighted by Crippen LogP contribution is -1.99. The summed E-state index contributed by atoms with van der Waals surface area (Å²) in [6.07, 6.45) is 0. The molecule has 0 spiro atoms. The molecule has 0 atom stereocenters. The van der Waals surface area contributed by atoms with Crippen LogP contribution in [-0.2, 0) is 0 Å². The van der Waals surface area contributed by atoms with E-state index in [2.05, 4.69) is 15.0 Å². The van der Waals surface area contributed by atoms with Gasteiger partial charge in [0.1, 0.15) is 17.3 Å². The van der Waals surface area contributed by atoms with Crippen molar-refractivity contribution >= 4 is 12.2 Å². The number of rotatable bonds is 4. The Morgan fingerprint density at radius 2 is 1.84 bits per heavy atom. The maximum absolute atomic E-state index is 5.32. The summed E-state index contributed by atoms with van der Waals surface area (Å²) in [5, 5.41) is 0. The molecule has 0 amide bonds. The zero-order valence-electron chi connectivity index (χ0n) is 10.8. The van der Waals surface area contributed by atoms with E-state index in [0.717, 1.165) is 5.56 Å². The van der Waals surface area contributed by atoms with Crippen LogP contribution in [-0.4, -0.2) is 36.3 Å². The van der Waals surface area contributed by atoms with Gasteiger partial charge in [0.05, 0.1) is 26.9 Å². The minimum absolute atomic E-state index is 0.198. The Bertz CT molecular complexity index is 642. The van der Waals surface area contributed by atoms with Crippen molar-refractivity contribution in [3.8, 4) is 28.9 Å². The van der Waals surface area contributed by atoms with Gasteiger partial charge in [-0.15, -0.1) is 0 Å². The molecule has 0 unspecified atom stereocenters. The molecular formula is C12H13N3O3S. The molecule has 0 saturated carbocycles. The highest BCUT2D eigenvalue weighted by Gasteiger charge is 2.11. The van der Waals surface area contributed by atoms with Crippen molar-refractivity contribution in [3.05, 3.63) is 23.0 Å². The Hall–Kier alpha value is -2.15. The second-order valence-corrected chi connectivity index (χ2v) is 3.92. The molecule has 19 heavy (non-hydrogen) atoms. The quantitative estimate of drug-likeness (QED) is 0.865. The number of aromatic amines is 1. The minimum Gasteiger partial charge on any atom is -0.497 e. The first kappa shape index (κ1) is 13.3. The fourth-order valence-electron chi connectivity index (χ4n) is 1.58. The van der Waals surface area contributed by atoms with Crippen LogP contribution >= 0.6 is 12.2 Å². The van der Waals surface area contributed by atoms with Crippen LogP contribution in [0.1, 0.15) is 0 Å². The van der Waals surface area contributed by atoms with Crippen molar-refractivity contribution in [2.45, 2.75) is 0 Å². The number of H-pyrrole nitrogens is 1. The molecule has 100 valence electrons. The van der Waals surface area contributed by atoms with Gasteiger partial charge in [0.15, 0.2) is 0 Å². The lowest BCUT2D eigenvalue weighted by atomic mass is 10.2. The molecule has 6 nitrogen and oxygen atoms in total. The summed E-state index contributed by atoms with van der Waals surface area (Å²) in [6.45, 7) is 0. The van der Waals surface area contributed by atoms with Crippen LogP contribution in [0, 0.1) is 4.77 Å². The van der Waals surface area contributed by atoms with E-state index in [1.54, 1.807) is 20.3 Å². The molecule has 0 aliphatic carbocycles. The number of aromatic nitrogens is 3. The summed E-state index contributed by atoms with van der Waals surface area (Å²) in [6, 6.07) is 5.70. The highest BCUT2D eigenvalue weighted by molar-refractivity contribution is 7.71. The molecule has 0 aliphatic heterocycles. The maximum Gasteiger partial charge on any atom is 0.297 e. The van der Waals surface area contributed by atoms with Gasteiger partial charge in [-0.2, -0.15) is 9.97 Å². The van der Waals surface area contributed by atoms with Crippen LogP contribution in [0.5, 0.6) is 17.5 Å². The lowest BCUT2D eigenvalue weighted by molar-refractivity contribution is 0.377. The first-order valence-electron chi connectivity index (χ1n) is 5.42. The highest BCUT2D eigenvalue weighted by atomic mass is 32.1. The van der Waals surface area contributed by atoms with Crippen molar-refractivity contribution in [1.82, 2.24) is 15.0 Å². The SMILES string of the molecule is COc1ccc(-c2nc(=S)nc(OC)[nH]2)c(OC)c1. The van der Waals surface area contributed by atoms with Gasteiger partial charge < -0.3 is 14.2 Å². The molecule has 0 fully saturated rings. The van der Waals surface area contributed by atoms with E-state index >= 15 is 0 Å². The third-order valence-electron chi connectivity index (χ3n) is 2.49. The van der Waals surface area contributed by atoms with Crippen LogP contribution in [0.25, 0.3) is 11.4 Å². The van der Waals surface area contributed by atoms with Crippen molar-refractivity contribution in [3.63, 3.8) is 0 Å². The van der Waals surface area contributed by atoms with Crippen molar-refractivity contribution in [2.24, 2.45) is 0 Å². The third-order valence-corrected chi connectivity index (χ3v) is 2.67. The number of nitrogens with one attached hydrogen (secondary N) is 1. The lowest BCUT2D eigenvalue weighted by Gasteiger charge is -2.10. The number of benzene rings is 1. The van der Waals surface area contributed by atoms with Crippen LogP contribution in [0.3, 0.4) is 0 Å². The molecule has 2 rings (SSSR count). The number of hydrogen-bond donors (Lipinski definition) is 1. The fraction of sp³-hybridized carbons (Fsp3) is 0.250. The van der Waals surface area contributed by atoms with E-state index in [1.165, 1.54) is 7.11 Å². The van der Waals surface area contributed by atoms with Gasteiger partial charge in [-0.1, -0.05) is 0 Å². The molecule has 1 heterocycles. The molecule has 0 radical (unpaired) electrons. The molecule has 7 heteroatoms. The first-order valence-corrected chi connectivity index (χ1v) is 5.83. The Balaban J connectivity index is 2.57. The van der Waals surface area contributed by atoms with E-state index in [0.29, 0.717) is 23.3 Å². The zero-order valence-corrected chi connectivity index (χ0v) is 11.6. The predicted molar refractivity (Wildman–Crippen MR) is 72.3 cm³/mol. The number of hydrogen-bond acceptors (Lipinski definition) is 6. The highest BCUT2D eigenvalue weighted by Crippen LogP contribution is 2.31. The summed E-state index contributed by atoms with van der Waals surface area (Å²) in [5.74, 6) is 1.84. The second kappa shape index (κ2) is 5.66. The van der Waals surface area contributed by atoms with Crippen molar-refractivity contribution < 1.29 is 14.2 Å². The van der Waals surface area contributed by atoms with Crippen LogP contribution in [0.2, 0.25) is 0 Å². The molecule has 2 aromatic rings. The van der Waals surface area contributed by atoms with Gasteiger partial charge in [0.25, 0.3) is 6.01 Å². The van der Waals surface area contributed by atoms with Crippen LogP contribution < -0.4 is 14.2 Å². The van der Waals surface area contributed by atoms with Gasteiger partial charge in [-0.3, -0.25) is 4.98 Å². The van der Waals surface area contributed by atoms with Gasteiger partial charge in [0, 0.05) is 6.07 Å². The van der Waals surface area contributed by atoms with Gasteiger partial charge >= 0.3 is 0 Å². The monoisotopic (exact) mass is 279 g/mol. The summed E-state index contributed by atoms with van der Waals surface area (Å²) < 4.78 is 15.7. The van der Waals surface area contributed by atoms with E-state index in [-0.39, 0.29) is 4.77 Å². The normalized spacial score (nSPS) is 10.1. The van der Waals surface area contributed by atoms with Crippen LogP contribution in [0.4, 0.5) is 0 Å². The standard InChI is InChI=1S/C12H13N3O3S/c1-16-7-4-5-8(9(6-7)17-2)10-13-11(18-3)15-12(19)14-10/h4-6H,1-3H3,(H,13,14,15,19). The average molecular weight is 279 g/mol. The van der Waals surface area contributed by atoms with Gasteiger partial charge in [-0.25, -0.2) is 0 Å². The van der Waals surface area contributed by atoms with Gasteiger partial charge in [-0.05, 0) is 24.4 Å². The molecule has 0 aliphatic rings. The first-order chi connectivity index (χ1) is 9.17. The summed E-state index contributed by atoms with van der Waals surface area (Å²) in [7, 11) is 4.67. The molecule has 1 N–H and O–H groups in total. The Morgan fingerprint density at radius 3 is 2.47 bits per heavy atom. The topological polar surface area (TPSA) is 69.3 Å². The molecular weight excluding hydrogens is 266 g/mol. The van der Waals surface area contributed by atoms with E-state index in [9.17, 15) is 0 Å². The average Bonchev–Trinajstić information content (AvgIpc) is 2.45. The zero-order chi connectivity index (χ0) is 13.8. The number of methoxy groups -OCH3 is 3. The molecule has 1 aromatic carbocycles.